The third kappa shape index (κ3) is 2.13. The van der Waals surface area contributed by atoms with Gasteiger partial charge in [0.15, 0.2) is 0 Å². The van der Waals surface area contributed by atoms with E-state index in [4.69, 9.17) is 11.6 Å². The van der Waals surface area contributed by atoms with Crippen LogP contribution in [0.1, 0.15) is 34.3 Å². The predicted octanol–water partition coefficient (Wildman–Crippen LogP) is 4.51. The number of anilines is 1. The van der Waals surface area contributed by atoms with Crippen molar-refractivity contribution in [3.63, 3.8) is 0 Å². The summed E-state index contributed by atoms with van der Waals surface area (Å²) in [6.07, 6.45) is 2.27. The van der Waals surface area contributed by atoms with E-state index >= 15 is 0 Å². The number of aryl methyl sites for hydroxylation is 3. The summed E-state index contributed by atoms with van der Waals surface area (Å²) in [7, 11) is 0. The highest BCUT2D eigenvalue weighted by Crippen LogP contribution is 2.41. The molecular formula is C14H15ClN2S. The van der Waals surface area contributed by atoms with Gasteiger partial charge >= 0.3 is 0 Å². The Kier molecular flexibility index (Phi) is 3.04. The summed E-state index contributed by atoms with van der Waals surface area (Å²) in [6, 6.07) is 6.64. The molecule has 1 aliphatic rings. The maximum atomic E-state index is 6.08. The second-order valence-electron chi connectivity index (χ2n) is 4.75. The zero-order valence-electron chi connectivity index (χ0n) is 10.5. The van der Waals surface area contributed by atoms with Gasteiger partial charge < -0.3 is 5.32 Å². The summed E-state index contributed by atoms with van der Waals surface area (Å²) < 4.78 is 0.894. The van der Waals surface area contributed by atoms with Crippen molar-refractivity contribution >= 4 is 28.6 Å². The minimum absolute atomic E-state index is 0.381. The monoisotopic (exact) mass is 278 g/mol. The van der Waals surface area contributed by atoms with Crippen LogP contribution in [-0.4, -0.2) is 4.98 Å². The van der Waals surface area contributed by atoms with E-state index in [0.717, 1.165) is 34.3 Å². The molecule has 4 heteroatoms. The molecule has 3 rings (SSSR count). The summed E-state index contributed by atoms with van der Waals surface area (Å²) in [5.41, 5.74) is 4.61. The topological polar surface area (TPSA) is 24.9 Å². The normalized spacial score (nSPS) is 17.8. The van der Waals surface area contributed by atoms with E-state index in [1.165, 1.54) is 10.4 Å². The molecule has 0 aliphatic heterocycles. The molecule has 0 saturated carbocycles. The summed E-state index contributed by atoms with van der Waals surface area (Å²) in [5, 5.41) is 3.59. The lowest BCUT2D eigenvalue weighted by Gasteiger charge is -2.16. The van der Waals surface area contributed by atoms with Crippen molar-refractivity contribution in [1.29, 1.82) is 0 Å². The van der Waals surface area contributed by atoms with Crippen molar-refractivity contribution in [2.45, 2.75) is 32.7 Å². The first-order valence-electron chi connectivity index (χ1n) is 6.12. The van der Waals surface area contributed by atoms with Crippen LogP contribution in [0.5, 0.6) is 0 Å². The zero-order valence-corrected chi connectivity index (χ0v) is 12.0. The lowest BCUT2D eigenvalue weighted by Crippen LogP contribution is -2.08. The maximum absolute atomic E-state index is 6.08. The molecule has 1 atom stereocenters. The highest BCUT2D eigenvalue weighted by atomic mass is 35.5. The number of aromatic nitrogens is 1. The molecule has 1 aliphatic carbocycles. The fourth-order valence-electron chi connectivity index (χ4n) is 2.51. The van der Waals surface area contributed by atoms with Gasteiger partial charge in [0.05, 0.1) is 21.8 Å². The summed E-state index contributed by atoms with van der Waals surface area (Å²) in [4.78, 5) is 5.92. The molecule has 2 heterocycles. The largest absolute Gasteiger partial charge is 0.377 e. The number of hydrogen-bond donors (Lipinski definition) is 1. The second kappa shape index (κ2) is 4.56. The molecule has 1 unspecified atom stereocenters. The molecule has 1 N–H and O–H groups in total. The standard InChI is InChI=1S/C14H15ClN2S/c1-8-3-4-11(9(2)16-8)17-12-5-6-13-10(12)7-14(15)18-13/h3-4,7,12,17H,5-6H2,1-2H3. The van der Waals surface area contributed by atoms with Crippen LogP contribution in [0.15, 0.2) is 18.2 Å². The smallest absolute Gasteiger partial charge is 0.0934 e. The molecule has 0 spiro atoms. The Morgan fingerprint density at radius 3 is 3.00 bits per heavy atom. The van der Waals surface area contributed by atoms with Crippen LogP contribution in [0.4, 0.5) is 5.69 Å². The van der Waals surface area contributed by atoms with Crippen molar-refractivity contribution < 1.29 is 0 Å². The van der Waals surface area contributed by atoms with E-state index in [2.05, 4.69) is 22.4 Å². The average Bonchev–Trinajstić information content (AvgIpc) is 2.83. The number of nitrogens with zero attached hydrogens (tertiary/aromatic N) is 1. The van der Waals surface area contributed by atoms with Gasteiger partial charge in [0.1, 0.15) is 0 Å². The van der Waals surface area contributed by atoms with E-state index in [-0.39, 0.29) is 0 Å². The van der Waals surface area contributed by atoms with E-state index < -0.39 is 0 Å². The van der Waals surface area contributed by atoms with Crippen LogP contribution in [0, 0.1) is 13.8 Å². The minimum Gasteiger partial charge on any atom is -0.377 e. The van der Waals surface area contributed by atoms with Gasteiger partial charge in [-0.05, 0) is 50.5 Å². The van der Waals surface area contributed by atoms with Crippen molar-refractivity contribution in [3.05, 3.63) is 44.4 Å². The van der Waals surface area contributed by atoms with Gasteiger partial charge in [0.2, 0.25) is 0 Å². The maximum Gasteiger partial charge on any atom is 0.0934 e. The molecule has 0 aromatic carbocycles. The first kappa shape index (κ1) is 12.0. The highest BCUT2D eigenvalue weighted by Gasteiger charge is 2.25. The Balaban J connectivity index is 1.85. The van der Waals surface area contributed by atoms with E-state index in [0.29, 0.717) is 6.04 Å². The first-order chi connectivity index (χ1) is 8.63. The SMILES string of the molecule is Cc1ccc(NC2CCc3sc(Cl)cc32)c(C)n1. The summed E-state index contributed by atoms with van der Waals surface area (Å²) in [5.74, 6) is 0. The van der Waals surface area contributed by atoms with E-state index in [1.807, 2.05) is 19.9 Å². The molecule has 0 fully saturated rings. The van der Waals surface area contributed by atoms with E-state index in [9.17, 15) is 0 Å². The lowest BCUT2D eigenvalue weighted by molar-refractivity contribution is 0.760. The van der Waals surface area contributed by atoms with E-state index in [1.54, 1.807) is 11.3 Å². The number of halogens is 1. The van der Waals surface area contributed by atoms with Gasteiger partial charge in [0, 0.05) is 10.6 Å². The average molecular weight is 279 g/mol. The Hall–Kier alpha value is -1.06. The Labute approximate surface area is 116 Å². The predicted molar refractivity (Wildman–Crippen MR) is 77.7 cm³/mol. The number of hydrogen-bond acceptors (Lipinski definition) is 3. The molecule has 0 radical (unpaired) electrons. The zero-order chi connectivity index (χ0) is 12.7. The third-order valence-corrected chi connectivity index (χ3v) is 4.74. The quantitative estimate of drug-likeness (QED) is 0.874. The van der Waals surface area contributed by atoms with Crippen molar-refractivity contribution in [1.82, 2.24) is 4.98 Å². The summed E-state index contributed by atoms with van der Waals surface area (Å²) >= 11 is 7.78. The molecule has 0 bridgehead atoms. The molecule has 18 heavy (non-hydrogen) atoms. The molecular weight excluding hydrogens is 264 g/mol. The van der Waals surface area contributed by atoms with Gasteiger partial charge in [-0.15, -0.1) is 11.3 Å². The van der Waals surface area contributed by atoms with Gasteiger partial charge in [-0.25, -0.2) is 0 Å². The molecule has 2 aromatic rings. The molecule has 0 saturated heterocycles. The number of nitrogens with one attached hydrogen (secondary N) is 1. The Morgan fingerprint density at radius 2 is 2.22 bits per heavy atom. The molecule has 2 aromatic heterocycles. The molecule has 2 nitrogen and oxygen atoms in total. The van der Waals surface area contributed by atoms with Crippen LogP contribution in [0.25, 0.3) is 0 Å². The second-order valence-corrected chi connectivity index (χ2v) is 6.52. The number of pyridine rings is 1. The number of thiophene rings is 1. The fourth-order valence-corrected chi connectivity index (χ4v) is 3.86. The van der Waals surface area contributed by atoms with Gasteiger partial charge in [-0.3, -0.25) is 4.98 Å². The highest BCUT2D eigenvalue weighted by molar-refractivity contribution is 7.16. The van der Waals surface area contributed by atoms with Crippen LogP contribution in [0.2, 0.25) is 4.34 Å². The van der Waals surface area contributed by atoms with Gasteiger partial charge in [0.25, 0.3) is 0 Å². The van der Waals surface area contributed by atoms with Crippen molar-refractivity contribution in [3.8, 4) is 0 Å². The van der Waals surface area contributed by atoms with Crippen LogP contribution >= 0.6 is 22.9 Å². The lowest BCUT2D eigenvalue weighted by atomic mass is 10.1. The van der Waals surface area contributed by atoms with Crippen LogP contribution in [-0.2, 0) is 6.42 Å². The fraction of sp³-hybridized carbons (Fsp3) is 0.357. The van der Waals surface area contributed by atoms with Crippen molar-refractivity contribution in [2.75, 3.05) is 5.32 Å². The molecule has 0 amide bonds. The minimum atomic E-state index is 0.381. The summed E-state index contributed by atoms with van der Waals surface area (Å²) in [6.45, 7) is 4.06. The van der Waals surface area contributed by atoms with Crippen LogP contribution in [0.3, 0.4) is 0 Å². The van der Waals surface area contributed by atoms with Gasteiger partial charge in [-0.2, -0.15) is 0 Å². The van der Waals surface area contributed by atoms with Crippen LogP contribution < -0.4 is 5.32 Å². The Bertz CT molecular complexity index is 591. The van der Waals surface area contributed by atoms with Gasteiger partial charge in [-0.1, -0.05) is 11.6 Å². The first-order valence-corrected chi connectivity index (χ1v) is 7.32. The molecule has 94 valence electrons. The number of fused-ring (bicyclic) bond motifs is 1. The number of rotatable bonds is 2. The Morgan fingerprint density at radius 1 is 1.39 bits per heavy atom. The third-order valence-electron chi connectivity index (χ3n) is 3.40. The van der Waals surface area contributed by atoms with Crippen molar-refractivity contribution in [2.24, 2.45) is 0 Å².